The summed E-state index contributed by atoms with van der Waals surface area (Å²) in [7, 11) is 1.74. The molecule has 5 rings (SSSR count). The molecule has 3 aliphatic rings. The Morgan fingerprint density at radius 3 is 2.33 bits per heavy atom. The molecule has 11 nitrogen and oxygen atoms in total. The normalized spacial score (nSPS) is 25.9. The van der Waals surface area contributed by atoms with Crippen LogP contribution in [0, 0.1) is 29.6 Å². The number of hydrogen-bond acceptors (Lipinski definition) is 8. The molecule has 2 aromatic rings. The number of amides is 3. The van der Waals surface area contributed by atoms with Gasteiger partial charge >= 0.3 is 12.1 Å². The number of alkyl carbamates (subject to hydrolysis) is 1. The van der Waals surface area contributed by atoms with Crippen molar-refractivity contribution >= 4 is 40.5 Å². The van der Waals surface area contributed by atoms with Crippen molar-refractivity contribution in [1.82, 2.24) is 10.2 Å². The quantitative estimate of drug-likeness (QED) is 0.213. The van der Waals surface area contributed by atoms with Gasteiger partial charge in [-0.2, -0.15) is 0 Å². The highest BCUT2D eigenvalue weighted by Gasteiger charge is 2.47. The van der Waals surface area contributed by atoms with Gasteiger partial charge in [0, 0.05) is 30.6 Å². The van der Waals surface area contributed by atoms with Crippen LogP contribution in [0.4, 0.5) is 14.9 Å². The van der Waals surface area contributed by atoms with E-state index in [0.29, 0.717) is 67.3 Å². The molecule has 2 N–H and O–H groups in total. The van der Waals surface area contributed by atoms with Crippen LogP contribution in [0.5, 0.6) is 0 Å². The SMILES string of the molecule is COC1CCC([C@@H]2CCN(C(=O)C3CCC([C@@H](CF)NC(=O)OC(C)(C)C)CC3)[C@H]2C(=O)Nc2ccc3oc(C(=O)OCCC(C)C)cc3c2)CC1. The minimum Gasteiger partial charge on any atom is -0.460 e. The van der Waals surface area contributed by atoms with Crippen LogP contribution < -0.4 is 10.6 Å². The van der Waals surface area contributed by atoms with Crippen LogP contribution in [0.25, 0.3) is 11.0 Å². The lowest BCUT2D eigenvalue weighted by atomic mass is 9.75. The third kappa shape index (κ3) is 10.0. The minimum absolute atomic E-state index is 0.0110. The van der Waals surface area contributed by atoms with Crippen LogP contribution in [0.15, 0.2) is 28.7 Å². The minimum atomic E-state index is -0.710. The van der Waals surface area contributed by atoms with Gasteiger partial charge in [-0.25, -0.2) is 14.0 Å². The first-order valence-electron chi connectivity index (χ1n) is 19.2. The fraction of sp³-hybridized carbons (Fsp3) is 0.700. The second kappa shape index (κ2) is 17.4. The summed E-state index contributed by atoms with van der Waals surface area (Å²) in [5, 5.41) is 6.45. The Labute approximate surface area is 307 Å². The van der Waals surface area contributed by atoms with Gasteiger partial charge in [0.15, 0.2) is 0 Å². The molecule has 2 aliphatic carbocycles. The third-order valence-corrected chi connectivity index (χ3v) is 11.1. The number of nitrogens with one attached hydrogen (secondary N) is 2. The summed E-state index contributed by atoms with van der Waals surface area (Å²) in [5.41, 5.74) is 0.368. The van der Waals surface area contributed by atoms with Crippen molar-refractivity contribution in [3.63, 3.8) is 0 Å². The zero-order chi connectivity index (χ0) is 37.6. The maximum Gasteiger partial charge on any atom is 0.407 e. The number of esters is 1. The molecule has 1 saturated heterocycles. The number of likely N-dealkylation sites (tertiary alicyclic amines) is 1. The molecule has 52 heavy (non-hydrogen) atoms. The maximum absolute atomic E-state index is 14.3. The van der Waals surface area contributed by atoms with E-state index in [2.05, 4.69) is 24.5 Å². The van der Waals surface area contributed by atoms with Crippen LogP contribution >= 0.6 is 0 Å². The number of nitrogens with zero attached hydrogens (tertiary/aromatic N) is 1. The first kappa shape index (κ1) is 39.5. The average molecular weight is 728 g/mol. The molecular formula is C40H58FN3O8. The monoisotopic (exact) mass is 727 g/mol. The number of hydrogen-bond donors (Lipinski definition) is 2. The van der Waals surface area contributed by atoms with Crippen LogP contribution in [0.3, 0.4) is 0 Å². The smallest absolute Gasteiger partial charge is 0.407 e. The van der Waals surface area contributed by atoms with Gasteiger partial charge < -0.3 is 34.2 Å². The van der Waals surface area contributed by atoms with Gasteiger partial charge in [-0.05, 0) is 133 Å². The van der Waals surface area contributed by atoms with E-state index in [9.17, 15) is 23.6 Å². The Balaban J connectivity index is 1.27. The summed E-state index contributed by atoms with van der Waals surface area (Å²) >= 11 is 0. The van der Waals surface area contributed by atoms with Gasteiger partial charge in [0.2, 0.25) is 17.6 Å². The predicted molar refractivity (Wildman–Crippen MR) is 196 cm³/mol. The number of halogens is 1. The molecule has 0 spiro atoms. The number of fused-ring (bicyclic) bond motifs is 1. The third-order valence-electron chi connectivity index (χ3n) is 11.1. The van der Waals surface area contributed by atoms with E-state index < -0.39 is 36.4 Å². The van der Waals surface area contributed by atoms with Crippen LogP contribution in [-0.4, -0.2) is 79.5 Å². The van der Waals surface area contributed by atoms with Crippen LogP contribution in [0.1, 0.15) is 109 Å². The number of alkyl halides is 1. The summed E-state index contributed by atoms with van der Waals surface area (Å²) in [6, 6.07) is 5.55. The van der Waals surface area contributed by atoms with Gasteiger partial charge in [-0.15, -0.1) is 0 Å². The first-order valence-corrected chi connectivity index (χ1v) is 19.2. The average Bonchev–Trinajstić information content (AvgIpc) is 3.75. The molecule has 12 heteroatoms. The Bertz CT molecular complexity index is 1540. The molecule has 1 aromatic heterocycles. The number of carbonyl (C=O) groups is 4. The summed E-state index contributed by atoms with van der Waals surface area (Å²) in [5.74, 6) is -0.358. The second-order valence-electron chi connectivity index (χ2n) is 16.4. The molecule has 288 valence electrons. The number of anilines is 1. The van der Waals surface area contributed by atoms with E-state index in [0.717, 1.165) is 38.5 Å². The Hall–Kier alpha value is -3.67. The maximum atomic E-state index is 14.3. The molecule has 2 heterocycles. The summed E-state index contributed by atoms with van der Waals surface area (Å²) in [6.07, 6.45) is 7.10. The van der Waals surface area contributed by atoms with Crippen LogP contribution in [0.2, 0.25) is 0 Å². The van der Waals surface area contributed by atoms with E-state index in [1.54, 1.807) is 57.0 Å². The number of ether oxygens (including phenoxy) is 3. The van der Waals surface area contributed by atoms with Crippen LogP contribution in [-0.2, 0) is 23.8 Å². The Kier molecular flexibility index (Phi) is 13.3. The lowest BCUT2D eigenvalue weighted by molar-refractivity contribution is -0.142. The number of benzene rings is 1. The highest BCUT2D eigenvalue weighted by Crippen LogP contribution is 2.42. The van der Waals surface area contributed by atoms with Crippen molar-refractivity contribution < 1.29 is 42.2 Å². The fourth-order valence-electron chi connectivity index (χ4n) is 8.29. The molecule has 3 fully saturated rings. The first-order chi connectivity index (χ1) is 24.8. The predicted octanol–water partition coefficient (Wildman–Crippen LogP) is 7.67. The number of methoxy groups -OCH3 is 1. The van der Waals surface area contributed by atoms with Crippen molar-refractivity contribution in [2.45, 2.75) is 123 Å². The molecule has 0 bridgehead atoms. The molecular weight excluding hydrogens is 669 g/mol. The summed E-state index contributed by atoms with van der Waals surface area (Å²) in [6.45, 7) is 9.51. The van der Waals surface area contributed by atoms with Crippen molar-refractivity contribution in [2.75, 3.05) is 32.3 Å². The standard InChI is InChI=1S/C40H58FN3O8/c1-24(2)18-20-50-38(47)34-22-28-21-29(13-16-33(28)51-34)42-36(45)35-31(25-11-14-30(49-6)15-12-25)17-19-44(35)37(46)27-9-7-26(8-10-27)32(23-41)43-39(48)52-40(3,4)5/h13,16,21-22,24-27,30-32,35H,7-12,14-15,17-20,23H2,1-6H3,(H,42,45)(H,43,48)/t25?,26?,27?,30?,31-,32+,35+/m0/s1. The zero-order valence-corrected chi connectivity index (χ0v) is 31.7. The molecule has 3 amide bonds. The Morgan fingerprint density at radius 1 is 0.981 bits per heavy atom. The molecule has 1 aliphatic heterocycles. The highest BCUT2D eigenvalue weighted by atomic mass is 19.1. The van der Waals surface area contributed by atoms with Gasteiger partial charge in [0.25, 0.3) is 0 Å². The molecule has 0 radical (unpaired) electrons. The second-order valence-corrected chi connectivity index (χ2v) is 16.4. The van der Waals surface area contributed by atoms with Crippen molar-refractivity contribution in [3.05, 3.63) is 30.0 Å². The van der Waals surface area contributed by atoms with E-state index in [1.165, 1.54) is 0 Å². The van der Waals surface area contributed by atoms with E-state index in [4.69, 9.17) is 18.6 Å². The van der Waals surface area contributed by atoms with Crippen molar-refractivity contribution in [3.8, 4) is 0 Å². The number of furan rings is 1. The lowest BCUT2D eigenvalue weighted by Crippen LogP contribution is -2.50. The van der Waals surface area contributed by atoms with Gasteiger partial charge in [0.1, 0.15) is 23.9 Å². The summed E-state index contributed by atoms with van der Waals surface area (Å²) < 4.78 is 36.2. The lowest BCUT2D eigenvalue weighted by Gasteiger charge is -2.38. The van der Waals surface area contributed by atoms with E-state index in [-0.39, 0.29) is 41.4 Å². The highest BCUT2D eigenvalue weighted by molar-refractivity contribution is 6.00. The van der Waals surface area contributed by atoms with E-state index in [1.807, 2.05) is 0 Å². The van der Waals surface area contributed by atoms with Gasteiger partial charge in [-0.1, -0.05) is 13.8 Å². The topological polar surface area (TPSA) is 136 Å². The van der Waals surface area contributed by atoms with E-state index >= 15 is 0 Å². The summed E-state index contributed by atoms with van der Waals surface area (Å²) in [4.78, 5) is 55.2. The molecule has 3 atom stereocenters. The van der Waals surface area contributed by atoms with Gasteiger partial charge in [-0.3, -0.25) is 9.59 Å². The van der Waals surface area contributed by atoms with Crippen molar-refractivity contribution in [1.29, 1.82) is 0 Å². The molecule has 2 saturated carbocycles. The molecule has 0 unspecified atom stereocenters. The Morgan fingerprint density at radius 2 is 1.69 bits per heavy atom. The fourth-order valence-corrected chi connectivity index (χ4v) is 8.29. The zero-order valence-electron chi connectivity index (χ0n) is 31.7. The number of rotatable bonds is 12. The van der Waals surface area contributed by atoms with Gasteiger partial charge in [0.05, 0.1) is 18.8 Å². The largest absolute Gasteiger partial charge is 0.460 e. The van der Waals surface area contributed by atoms with Crippen molar-refractivity contribution in [2.24, 2.45) is 29.6 Å². The number of carbonyl (C=O) groups excluding carboxylic acids is 4. The molecule has 1 aromatic carbocycles.